The van der Waals surface area contributed by atoms with E-state index in [0.29, 0.717) is 0 Å². The van der Waals surface area contributed by atoms with Crippen molar-refractivity contribution in [2.75, 3.05) is 12.4 Å². The van der Waals surface area contributed by atoms with Crippen molar-refractivity contribution in [1.82, 2.24) is 0 Å². The van der Waals surface area contributed by atoms with Gasteiger partial charge in [-0.3, -0.25) is 0 Å². The van der Waals surface area contributed by atoms with Crippen LogP contribution in [0, 0.1) is 0 Å². The summed E-state index contributed by atoms with van der Waals surface area (Å²) in [6.45, 7) is 0. The summed E-state index contributed by atoms with van der Waals surface area (Å²) in [5, 5.41) is 3.75. The van der Waals surface area contributed by atoms with E-state index in [9.17, 15) is 0 Å². The second kappa shape index (κ2) is 3.26. The normalized spacial score (nSPS) is 9.50. The Labute approximate surface area is 73.5 Å². The lowest BCUT2D eigenvalue weighted by Crippen LogP contribution is -1.87. The lowest BCUT2D eigenvalue weighted by molar-refractivity contribution is 1.49. The average molecular weight is 220 g/mol. The first kappa shape index (κ1) is 7.89. The summed E-state index contributed by atoms with van der Waals surface area (Å²) >= 11 is 9.10. The zero-order valence-electron chi connectivity index (χ0n) is 5.49. The van der Waals surface area contributed by atoms with Crippen molar-refractivity contribution in [3.63, 3.8) is 0 Å². The zero-order valence-corrected chi connectivity index (χ0v) is 7.83. The Morgan fingerprint density at radius 1 is 1.50 bits per heavy atom. The van der Waals surface area contributed by atoms with E-state index in [2.05, 4.69) is 21.2 Å². The van der Waals surface area contributed by atoms with Crippen LogP contribution in [-0.2, 0) is 0 Å². The van der Waals surface area contributed by atoms with Crippen LogP contribution in [0.15, 0.2) is 22.7 Å². The number of anilines is 1. The molecule has 1 nitrogen and oxygen atoms in total. The Morgan fingerprint density at radius 2 is 2.20 bits per heavy atom. The van der Waals surface area contributed by atoms with Crippen LogP contribution in [0.1, 0.15) is 0 Å². The molecule has 0 bridgehead atoms. The van der Waals surface area contributed by atoms with Gasteiger partial charge in [0.05, 0.1) is 0 Å². The molecule has 0 saturated carbocycles. The fourth-order valence-electron chi connectivity index (χ4n) is 0.689. The third-order valence-electron chi connectivity index (χ3n) is 1.20. The standard InChI is InChI=1S/C7H7BrClN/c1-10-7-4-5(9)2-3-6(7)8/h2-4,10H,1H3. The summed E-state index contributed by atoms with van der Waals surface area (Å²) in [6.07, 6.45) is 0. The minimum Gasteiger partial charge on any atom is -0.387 e. The van der Waals surface area contributed by atoms with E-state index < -0.39 is 0 Å². The lowest BCUT2D eigenvalue weighted by Gasteiger charge is -2.02. The van der Waals surface area contributed by atoms with Gasteiger partial charge < -0.3 is 5.32 Å². The fourth-order valence-corrected chi connectivity index (χ4v) is 1.31. The monoisotopic (exact) mass is 219 g/mol. The molecule has 0 aromatic heterocycles. The van der Waals surface area contributed by atoms with Crippen molar-refractivity contribution in [2.45, 2.75) is 0 Å². The van der Waals surface area contributed by atoms with E-state index in [0.717, 1.165) is 15.2 Å². The zero-order chi connectivity index (χ0) is 7.56. The summed E-state index contributed by atoms with van der Waals surface area (Å²) in [4.78, 5) is 0. The maximum Gasteiger partial charge on any atom is 0.0496 e. The van der Waals surface area contributed by atoms with Gasteiger partial charge in [0.15, 0.2) is 0 Å². The molecule has 0 amide bonds. The number of hydrogen-bond donors (Lipinski definition) is 1. The molecule has 1 rings (SSSR count). The van der Waals surface area contributed by atoms with E-state index in [4.69, 9.17) is 11.6 Å². The first-order valence-corrected chi connectivity index (χ1v) is 4.04. The smallest absolute Gasteiger partial charge is 0.0496 e. The minimum absolute atomic E-state index is 0.743. The number of benzene rings is 1. The highest BCUT2D eigenvalue weighted by Gasteiger charge is 1.95. The molecule has 0 aliphatic heterocycles. The minimum atomic E-state index is 0.743. The van der Waals surface area contributed by atoms with Crippen molar-refractivity contribution in [2.24, 2.45) is 0 Å². The average Bonchev–Trinajstić information content (AvgIpc) is 1.94. The van der Waals surface area contributed by atoms with Gasteiger partial charge in [-0.1, -0.05) is 11.6 Å². The molecule has 0 saturated heterocycles. The molecule has 1 aromatic rings. The SMILES string of the molecule is CNc1cc(Cl)ccc1Br. The molecule has 10 heavy (non-hydrogen) atoms. The third-order valence-corrected chi connectivity index (χ3v) is 2.12. The van der Waals surface area contributed by atoms with Crippen LogP contribution >= 0.6 is 27.5 Å². The number of halogens is 2. The van der Waals surface area contributed by atoms with E-state index >= 15 is 0 Å². The van der Waals surface area contributed by atoms with Crippen LogP contribution in [0.2, 0.25) is 5.02 Å². The van der Waals surface area contributed by atoms with E-state index in [1.165, 1.54) is 0 Å². The van der Waals surface area contributed by atoms with Gasteiger partial charge >= 0.3 is 0 Å². The van der Waals surface area contributed by atoms with Crippen molar-refractivity contribution in [3.8, 4) is 0 Å². The predicted molar refractivity (Wildman–Crippen MR) is 48.7 cm³/mol. The molecule has 0 heterocycles. The summed E-state index contributed by atoms with van der Waals surface area (Å²) in [7, 11) is 1.86. The summed E-state index contributed by atoms with van der Waals surface area (Å²) in [5.74, 6) is 0. The van der Waals surface area contributed by atoms with E-state index in [1.54, 1.807) is 0 Å². The number of nitrogens with one attached hydrogen (secondary N) is 1. The highest BCUT2D eigenvalue weighted by molar-refractivity contribution is 9.10. The Hall–Kier alpha value is -0.210. The van der Waals surface area contributed by atoms with Gasteiger partial charge in [0, 0.05) is 22.2 Å². The van der Waals surface area contributed by atoms with Crippen molar-refractivity contribution in [3.05, 3.63) is 27.7 Å². The van der Waals surface area contributed by atoms with Gasteiger partial charge in [-0.05, 0) is 34.1 Å². The van der Waals surface area contributed by atoms with E-state index in [-0.39, 0.29) is 0 Å². The molecule has 0 spiro atoms. The van der Waals surface area contributed by atoms with Crippen molar-refractivity contribution >= 4 is 33.2 Å². The molecular weight excluding hydrogens is 213 g/mol. The van der Waals surface area contributed by atoms with Gasteiger partial charge in [-0.2, -0.15) is 0 Å². The molecule has 0 aliphatic carbocycles. The highest BCUT2D eigenvalue weighted by atomic mass is 79.9. The molecule has 0 unspecified atom stereocenters. The topological polar surface area (TPSA) is 12.0 Å². The van der Waals surface area contributed by atoms with Crippen molar-refractivity contribution in [1.29, 1.82) is 0 Å². The number of hydrogen-bond acceptors (Lipinski definition) is 1. The van der Waals surface area contributed by atoms with Crippen LogP contribution in [0.4, 0.5) is 5.69 Å². The Balaban J connectivity index is 3.09. The fraction of sp³-hybridized carbons (Fsp3) is 0.143. The van der Waals surface area contributed by atoms with Crippen LogP contribution in [0.25, 0.3) is 0 Å². The van der Waals surface area contributed by atoms with Crippen LogP contribution in [0.5, 0.6) is 0 Å². The molecule has 1 N–H and O–H groups in total. The summed E-state index contributed by atoms with van der Waals surface area (Å²) in [5.41, 5.74) is 1.01. The second-order valence-electron chi connectivity index (χ2n) is 1.87. The molecular formula is C7H7BrClN. The maximum absolute atomic E-state index is 5.73. The van der Waals surface area contributed by atoms with Crippen LogP contribution in [-0.4, -0.2) is 7.05 Å². The van der Waals surface area contributed by atoms with Gasteiger partial charge in [-0.25, -0.2) is 0 Å². The largest absolute Gasteiger partial charge is 0.387 e. The highest BCUT2D eigenvalue weighted by Crippen LogP contribution is 2.24. The first-order chi connectivity index (χ1) is 4.74. The van der Waals surface area contributed by atoms with Gasteiger partial charge in [0.1, 0.15) is 0 Å². The molecule has 0 fully saturated rings. The number of rotatable bonds is 1. The third kappa shape index (κ3) is 1.64. The first-order valence-electron chi connectivity index (χ1n) is 2.87. The van der Waals surface area contributed by atoms with Crippen LogP contribution < -0.4 is 5.32 Å². The lowest BCUT2D eigenvalue weighted by atomic mass is 10.3. The molecule has 0 aliphatic rings. The maximum atomic E-state index is 5.73. The Bertz CT molecular complexity index is 237. The Morgan fingerprint density at radius 3 is 2.70 bits per heavy atom. The Kier molecular flexibility index (Phi) is 2.57. The second-order valence-corrected chi connectivity index (χ2v) is 3.16. The van der Waals surface area contributed by atoms with Crippen molar-refractivity contribution < 1.29 is 0 Å². The molecule has 0 atom stereocenters. The van der Waals surface area contributed by atoms with Gasteiger partial charge in [-0.15, -0.1) is 0 Å². The molecule has 3 heteroatoms. The molecule has 54 valence electrons. The predicted octanol–water partition coefficient (Wildman–Crippen LogP) is 3.14. The summed E-state index contributed by atoms with van der Waals surface area (Å²) < 4.78 is 1.03. The summed E-state index contributed by atoms with van der Waals surface area (Å²) in [6, 6.07) is 5.62. The van der Waals surface area contributed by atoms with Gasteiger partial charge in [0.2, 0.25) is 0 Å². The van der Waals surface area contributed by atoms with Crippen LogP contribution in [0.3, 0.4) is 0 Å². The van der Waals surface area contributed by atoms with Gasteiger partial charge in [0.25, 0.3) is 0 Å². The van der Waals surface area contributed by atoms with E-state index in [1.807, 2.05) is 25.2 Å². The molecule has 1 aromatic carbocycles. The quantitative estimate of drug-likeness (QED) is 0.767. The molecule has 0 radical (unpaired) electrons.